The molecule has 0 rings (SSSR count). The summed E-state index contributed by atoms with van der Waals surface area (Å²) in [4.78, 5) is 73.1. The summed E-state index contributed by atoms with van der Waals surface area (Å²) in [6.07, 6.45) is 66.5. The Morgan fingerprint density at radius 2 is 0.466 bits per heavy atom. The standard InChI is InChI=1S/C84H164O17P2/c1-7-11-13-15-17-19-21-22-23-26-30-33-36-43-49-55-61-67-82(87)95-73-80(100-83(88)68-62-56-50-44-37-34-31-28-25-24-27-29-32-35-40-46-52-58-64-76(5)9-3)75-99-103(92,93)97-71-78(85)70-96-102(90,91)98-74-79(72-94-81(86)66-60-54-48-42-20-18-16-14-12-8-2)101-84(89)69-63-57-51-45-39-38-41-47-53-59-65-77(6)10-4/h76-80,85H,7-75H2,1-6H3,(H,90,91)(H,92,93)/t76?,77?,78-,79+,80+/m0/s1. The van der Waals surface area contributed by atoms with E-state index in [0.717, 1.165) is 102 Å². The van der Waals surface area contributed by atoms with E-state index >= 15 is 0 Å². The molecule has 0 saturated carbocycles. The average molecular weight is 1510 g/mol. The van der Waals surface area contributed by atoms with Gasteiger partial charge in [0.25, 0.3) is 0 Å². The summed E-state index contributed by atoms with van der Waals surface area (Å²) in [6, 6.07) is 0. The number of ether oxygens (including phenoxy) is 4. The van der Waals surface area contributed by atoms with Gasteiger partial charge >= 0.3 is 39.5 Å². The van der Waals surface area contributed by atoms with E-state index < -0.39 is 97.5 Å². The van der Waals surface area contributed by atoms with Crippen LogP contribution < -0.4 is 0 Å². The maximum absolute atomic E-state index is 13.1. The minimum Gasteiger partial charge on any atom is -0.462 e. The lowest BCUT2D eigenvalue weighted by Gasteiger charge is -2.21. The SMILES string of the molecule is CCCCCCCCCCCCCCCCCCCC(=O)OC[C@H](COP(=O)(O)OC[C@@H](O)COP(=O)(O)OC[C@@H](COC(=O)CCCCCCCCCCCC)OC(=O)CCCCCCCCCCCCC(C)CC)OC(=O)CCCCCCCCCCCCCCCCCCCCC(C)CC. The molecule has 0 radical (unpaired) electrons. The Morgan fingerprint density at radius 1 is 0.272 bits per heavy atom. The first-order valence-corrected chi connectivity index (χ1v) is 46.6. The number of aliphatic hydroxyl groups is 1. The number of hydrogen-bond acceptors (Lipinski definition) is 15. The number of rotatable bonds is 83. The minimum atomic E-state index is -4.96. The molecule has 0 saturated heterocycles. The van der Waals surface area contributed by atoms with Gasteiger partial charge in [0.1, 0.15) is 19.3 Å². The smallest absolute Gasteiger partial charge is 0.462 e. The van der Waals surface area contributed by atoms with Crippen molar-refractivity contribution in [3.05, 3.63) is 0 Å². The highest BCUT2D eigenvalue weighted by Gasteiger charge is 2.30. The normalized spacial score (nSPS) is 14.4. The first kappa shape index (κ1) is 101. The van der Waals surface area contributed by atoms with E-state index in [4.69, 9.17) is 37.0 Å². The van der Waals surface area contributed by atoms with Crippen LogP contribution in [-0.2, 0) is 65.4 Å². The van der Waals surface area contributed by atoms with Crippen molar-refractivity contribution in [3.8, 4) is 0 Å². The van der Waals surface area contributed by atoms with Gasteiger partial charge < -0.3 is 33.8 Å². The monoisotopic (exact) mass is 1510 g/mol. The Balaban J connectivity index is 5.22. The van der Waals surface area contributed by atoms with Crippen LogP contribution in [-0.4, -0.2) is 96.7 Å². The maximum atomic E-state index is 13.1. The Kier molecular flexibility index (Phi) is 74.1. The first-order valence-electron chi connectivity index (χ1n) is 43.6. The highest BCUT2D eigenvalue weighted by Crippen LogP contribution is 2.45. The topological polar surface area (TPSA) is 237 Å². The zero-order valence-electron chi connectivity index (χ0n) is 67.6. The second kappa shape index (κ2) is 75.5. The van der Waals surface area contributed by atoms with Crippen molar-refractivity contribution in [2.45, 2.75) is 464 Å². The molecule has 7 atom stereocenters. The summed E-state index contributed by atoms with van der Waals surface area (Å²) in [5.74, 6) is -0.430. The van der Waals surface area contributed by atoms with Gasteiger partial charge in [0.15, 0.2) is 12.2 Å². The van der Waals surface area contributed by atoms with Crippen LogP contribution in [0.4, 0.5) is 0 Å². The molecule has 0 aliphatic heterocycles. The van der Waals surface area contributed by atoms with Crippen LogP contribution >= 0.6 is 15.6 Å². The van der Waals surface area contributed by atoms with E-state index in [2.05, 4.69) is 41.5 Å². The third kappa shape index (κ3) is 75.3. The quantitative estimate of drug-likeness (QED) is 0.0222. The first-order chi connectivity index (χ1) is 49.9. The lowest BCUT2D eigenvalue weighted by Crippen LogP contribution is -2.30. The Bertz CT molecular complexity index is 1980. The zero-order valence-corrected chi connectivity index (χ0v) is 69.4. The highest BCUT2D eigenvalue weighted by molar-refractivity contribution is 7.47. The lowest BCUT2D eigenvalue weighted by molar-refractivity contribution is -0.161. The molecule has 0 aromatic carbocycles. The van der Waals surface area contributed by atoms with Crippen LogP contribution in [0.1, 0.15) is 446 Å². The summed E-state index contributed by atoms with van der Waals surface area (Å²) >= 11 is 0. The van der Waals surface area contributed by atoms with Crippen LogP contribution in [0.3, 0.4) is 0 Å². The lowest BCUT2D eigenvalue weighted by atomic mass is 9.99. The number of phosphoric ester groups is 2. The van der Waals surface area contributed by atoms with E-state index in [1.807, 2.05) is 0 Å². The molecule has 0 amide bonds. The maximum Gasteiger partial charge on any atom is 0.472 e. The summed E-state index contributed by atoms with van der Waals surface area (Å²) < 4.78 is 68.8. The van der Waals surface area contributed by atoms with Gasteiger partial charge in [0.05, 0.1) is 26.4 Å². The Hall–Kier alpha value is -1.94. The van der Waals surface area contributed by atoms with Gasteiger partial charge in [-0.05, 0) is 37.5 Å². The van der Waals surface area contributed by atoms with Crippen molar-refractivity contribution < 1.29 is 80.2 Å². The molecule has 0 fully saturated rings. The predicted octanol–water partition coefficient (Wildman–Crippen LogP) is 25.5. The fourth-order valence-electron chi connectivity index (χ4n) is 13.0. The van der Waals surface area contributed by atoms with Crippen molar-refractivity contribution in [1.82, 2.24) is 0 Å². The molecule has 19 heteroatoms. The number of phosphoric acid groups is 2. The molecule has 17 nitrogen and oxygen atoms in total. The molecule has 0 bridgehead atoms. The fourth-order valence-corrected chi connectivity index (χ4v) is 14.6. The summed E-state index contributed by atoms with van der Waals surface area (Å²) in [5.41, 5.74) is 0. The summed E-state index contributed by atoms with van der Waals surface area (Å²) in [7, 11) is -9.92. The average Bonchev–Trinajstić information content (AvgIpc) is 0.929. The Labute approximate surface area is 632 Å². The molecule has 0 aromatic rings. The second-order valence-electron chi connectivity index (χ2n) is 30.7. The van der Waals surface area contributed by atoms with E-state index in [1.54, 1.807) is 0 Å². The van der Waals surface area contributed by atoms with Crippen molar-refractivity contribution in [1.29, 1.82) is 0 Å². The third-order valence-corrected chi connectivity index (χ3v) is 22.3. The van der Waals surface area contributed by atoms with Crippen molar-refractivity contribution in [3.63, 3.8) is 0 Å². The van der Waals surface area contributed by atoms with Crippen LogP contribution in [0.5, 0.6) is 0 Å². The molecule has 0 aromatic heterocycles. The molecule has 0 aliphatic carbocycles. The van der Waals surface area contributed by atoms with E-state index in [0.29, 0.717) is 25.7 Å². The minimum absolute atomic E-state index is 0.107. The van der Waals surface area contributed by atoms with Gasteiger partial charge in [0, 0.05) is 25.7 Å². The highest BCUT2D eigenvalue weighted by atomic mass is 31.2. The molecule has 3 N–H and O–H groups in total. The van der Waals surface area contributed by atoms with Crippen LogP contribution in [0, 0.1) is 11.8 Å². The van der Waals surface area contributed by atoms with Gasteiger partial charge in [-0.25, -0.2) is 9.13 Å². The van der Waals surface area contributed by atoms with Crippen LogP contribution in [0.15, 0.2) is 0 Å². The molecule has 0 spiro atoms. The molecular weight excluding hydrogens is 1340 g/mol. The third-order valence-electron chi connectivity index (χ3n) is 20.4. The molecule has 0 aliphatic rings. The predicted molar refractivity (Wildman–Crippen MR) is 423 cm³/mol. The van der Waals surface area contributed by atoms with Gasteiger partial charge in [-0.3, -0.25) is 37.3 Å². The largest absolute Gasteiger partial charge is 0.472 e. The van der Waals surface area contributed by atoms with Crippen LogP contribution in [0.2, 0.25) is 0 Å². The molecular formula is C84H164O17P2. The number of unbranched alkanes of at least 4 members (excludes halogenated alkanes) is 51. The molecule has 103 heavy (non-hydrogen) atoms. The number of aliphatic hydroxyl groups excluding tert-OH is 1. The zero-order chi connectivity index (χ0) is 75.6. The number of carbonyl (C=O) groups excluding carboxylic acids is 4. The van der Waals surface area contributed by atoms with E-state index in [9.17, 15) is 43.2 Å². The van der Waals surface area contributed by atoms with E-state index in [-0.39, 0.29) is 25.7 Å². The van der Waals surface area contributed by atoms with Gasteiger partial charge in [-0.15, -0.1) is 0 Å². The Morgan fingerprint density at radius 3 is 0.689 bits per heavy atom. The van der Waals surface area contributed by atoms with Gasteiger partial charge in [-0.2, -0.15) is 0 Å². The van der Waals surface area contributed by atoms with Crippen molar-refractivity contribution in [2.75, 3.05) is 39.6 Å². The second-order valence-corrected chi connectivity index (χ2v) is 33.6. The number of carbonyl (C=O) groups is 4. The number of esters is 4. The molecule has 4 unspecified atom stereocenters. The molecule has 0 heterocycles. The summed E-state index contributed by atoms with van der Waals surface area (Å²) in [5, 5.41) is 10.7. The molecule has 612 valence electrons. The van der Waals surface area contributed by atoms with Crippen molar-refractivity contribution in [2.24, 2.45) is 11.8 Å². The summed E-state index contributed by atoms with van der Waals surface area (Å²) in [6.45, 7) is 9.74. The fraction of sp³-hybridized carbons (Fsp3) is 0.952. The number of hydrogen-bond donors (Lipinski definition) is 3. The van der Waals surface area contributed by atoms with Gasteiger partial charge in [-0.1, -0.05) is 395 Å². The van der Waals surface area contributed by atoms with Gasteiger partial charge in [0.2, 0.25) is 0 Å². The van der Waals surface area contributed by atoms with Crippen LogP contribution in [0.25, 0.3) is 0 Å². The van der Waals surface area contributed by atoms with E-state index in [1.165, 1.54) is 263 Å². The van der Waals surface area contributed by atoms with Crippen molar-refractivity contribution >= 4 is 39.5 Å².